The standard InChI is InChI=1S/C22H21N3OS/c1-15-20(16(2)26)21(23-22(27)25(15)19-10-4-3-5-11-19)24-13-12-17-8-6-7-9-18(17)14-24/h3-11H,12-14H2,1-2H3. The molecule has 0 fully saturated rings. The van der Waals surface area contributed by atoms with Crippen LogP contribution in [0, 0.1) is 11.7 Å². The Morgan fingerprint density at radius 1 is 1.04 bits per heavy atom. The third-order valence-corrected chi connectivity index (χ3v) is 5.38. The largest absolute Gasteiger partial charge is 0.351 e. The molecule has 0 aliphatic carbocycles. The molecule has 0 radical (unpaired) electrons. The van der Waals surface area contributed by atoms with Crippen molar-refractivity contribution in [2.75, 3.05) is 11.4 Å². The molecule has 4 rings (SSSR count). The number of anilines is 1. The maximum absolute atomic E-state index is 12.6. The van der Waals surface area contributed by atoms with Crippen LogP contribution in [-0.2, 0) is 13.0 Å². The van der Waals surface area contributed by atoms with E-state index in [-0.39, 0.29) is 5.78 Å². The summed E-state index contributed by atoms with van der Waals surface area (Å²) in [6.07, 6.45) is 0.939. The van der Waals surface area contributed by atoms with E-state index in [0.717, 1.165) is 30.9 Å². The lowest BCUT2D eigenvalue weighted by Gasteiger charge is -2.31. The number of hydrogen-bond donors (Lipinski definition) is 0. The van der Waals surface area contributed by atoms with Crippen molar-refractivity contribution in [3.63, 3.8) is 0 Å². The zero-order valence-corrected chi connectivity index (χ0v) is 16.3. The predicted octanol–water partition coefficient (Wildman–Crippen LogP) is 4.68. The molecule has 0 saturated heterocycles. The molecule has 4 nitrogen and oxygen atoms in total. The van der Waals surface area contributed by atoms with E-state index in [4.69, 9.17) is 17.2 Å². The first kappa shape index (κ1) is 17.6. The van der Waals surface area contributed by atoms with Gasteiger partial charge in [-0.1, -0.05) is 42.5 Å². The van der Waals surface area contributed by atoms with Crippen molar-refractivity contribution in [1.29, 1.82) is 0 Å². The van der Waals surface area contributed by atoms with Gasteiger partial charge in [-0.05, 0) is 55.7 Å². The molecule has 5 heteroatoms. The molecule has 2 aromatic carbocycles. The van der Waals surface area contributed by atoms with Crippen LogP contribution in [0.15, 0.2) is 54.6 Å². The molecule has 1 aromatic heterocycles. The van der Waals surface area contributed by atoms with Crippen molar-refractivity contribution in [2.45, 2.75) is 26.8 Å². The Kier molecular flexibility index (Phi) is 4.62. The average Bonchev–Trinajstić information content (AvgIpc) is 2.67. The predicted molar refractivity (Wildman–Crippen MR) is 110 cm³/mol. The van der Waals surface area contributed by atoms with E-state index in [0.29, 0.717) is 16.2 Å². The van der Waals surface area contributed by atoms with Crippen LogP contribution in [0.4, 0.5) is 5.82 Å². The van der Waals surface area contributed by atoms with Gasteiger partial charge in [0, 0.05) is 24.5 Å². The van der Waals surface area contributed by atoms with Crippen molar-refractivity contribution in [2.24, 2.45) is 0 Å². The molecular weight excluding hydrogens is 354 g/mol. The van der Waals surface area contributed by atoms with Crippen molar-refractivity contribution in [1.82, 2.24) is 9.55 Å². The van der Waals surface area contributed by atoms with Gasteiger partial charge in [-0.25, -0.2) is 4.98 Å². The molecule has 1 aliphatic heterocycles. The van der Waals surface area contributed by atoms with Gasteiger partial charge in [-0.2, -0.15) is 0 Å². The van der Waals surface area contributed by atoms with Gasteiger partial charge < -0.3 is 4.90 Å². The molecule has 3 aromatic rings. The second-order valence-corrected chi connectivity index (χ2v) is 7.21. The van der Waals surface area contributed by atoms with Crippen LogP contribution in [0.3, 0.4) is 0 Å². The average molecular weight is 375 g/mol. The molecular formula is C22H21N3OS. The van der Waals surface area contributed by atoms with E-state index in [2.05, 4.69) is 29.2 Å². The van der Waals surface area contributed by atoms with Gasteiger partial charge in [0.25, 0.3) is 0 Å². The minimum atomic E-state index is 0.00791. The van der Waals surface area contributed by atoms with Crippen LogP contribution < -0.4 is 4.90 Å². The summed E-state index contributed by atoms with van der Waals surface area (Å²) in [5, 5.41) is 0. The number of para-hydroxylation sites is 1. The molecule has 0 amide bonds. The highest BCUT2D eigenvalue weighted by molar-refractivity contribution is 7.71. The zero-order chi connectivity index (χ0) is 19.0. The molecule has 0 spiro atoms. The molecule has 27 heavy (non-hydrogen) atoms. The second kappa shape index (κ2) is 7.08. The quantitative estimate of drug-likeness (QED) is 0.492. The number of aromatic nitrogens is 2. The van der Waals surface area contributed by atoms with E-state index in [1.807, 2.05) is 41.8 Å². The molecule has 1 aliphatic rings. The summed E-state index contributed by atoms with van der Waals surface area (Å²) in [6, 6.07) is 18.3. The zero-order valence-electron chi connectivity index (χ0n) is 15.5. The molecule has 2 heterocycles. The van der Waals surface area contributed by atoms with Gasteiger partial charge in [-0.3, -0.25) is 9.36 Å². The third kappa shape index (κ3) is 3.19. The summed E-state index contributed by atoms with van der Waals surface area (Å²) in [7, 11) is 0. The maximum atomic E-state index is 12.6. The van der Waals surface area contributed by atoms with Gasteiger partial charge in [0.05, 0.1) is 5.56 Å². The van der Waals surface area contributed by atoms with Gasteiger partial charge in [0.1, 0.15) is 5.82 Å². The summed E-state index contributed by atoms with van der Waals surface area (Å²) in [5.41, 5.74) is 5.05. The van der Waals surface area contributed by atoms with Crippen molar-refractivity contribution in [3.8, 4) is 5.69 Å². The molecule has 0 N–H and O–H groups in total. The Labute approximate surface area is 164 Å². The molecule has 0 saturated carbocycles. The second-order valence-electron chi connectivity index (χ2n) is 6.85. The van der Waals surface area contributed by atoms with E-state index < -0.39 is 0 Å². The minimum absolute atomic E-state index is 0.00791. The highest BCUT2D eigenvalue weighted by Gasteiger charge is 2.24. The van der Waals surface area contributed by atoms with E-state index >= 15 is 0 Å². The highest BCUT2D eigenvalue weighted by atomic mass is 32.1. The van der Waals surface area contributed by atoms with Crippen molar-refractivity contribution in [3.05, 3.63) is 81.8 Å². The Morgan fingerprint density at radius 3 is 2.41 bits per heavy atom. The Hall–Kier alpha value is -2.79. The Balaban J connectivity index is 1.85. The lowest BCUT2D eigenvalue weighted by atomic mass is 9.99. The fraction of sp³-hybridized carbons (Fsp3) is 0.227. The SMILES string of the molecule is CC(=O)c1c(N2CCc3ccccc3C2)nc(=S)n(-c2ccccc2)c1C. The number of Topliss-reactive ketones (excluding diaryl/α,β-unsaturated/α-hetero) is 1. The summed E-state index contributed by atoms with van der Waals surface area (Å²) in [4.78, 5) is 19.4. The number of carbonyl (C=O) groups is 1. The first-order valence-corrected chi connectivity index (χ1v) is 9.49. The van der Waals surface area contributed by atoms with Gasteiger partial charge >= 0.3 is 0 Å². The lowest BCUT2D eigenvalue weighted by Crippen LogP contribution is -2.33. The van der Waals surface area contributed by atoms with Gasteiger partial charge in [0.2, 0.25) is 4.77 Å². The number of carbonyl (C=O) groups excluding carboxylic acids is 1. The van der Waals surface area contributed by atoms with Crippen LogP contribution in [0.1, 0.15) is 34.1 Å². The van der Waals surface area contributed by atoms with E-state index in [9.17, 15) is 4.79 Å². The van der Waals surface area contributed by atoms with Crippen LogP contribution in [-0.4, -0.2) is 21.9 Å². The fourth-order valence-corrected chi connectivity index (χ4v) is 4.14. The van der Waals surface area contributed by atoms with Crippen LogP contribution in [0.2, 0.25) is 0 Å². The van der Waals surface area contributed by atoms with E-state index in [1.165, 1.54) is 11.1 Å². The summed E-state index contributed by atoms with van der Waals surface area (Å²) in [6.45, 7) is 5.12. The summed E-state index contributed by atoms with van der Waals surface area (Å²) in [5.74, 6) is 0.709. The monoisotopic (exact) mass is 375 g/mol. The molecule has 0 bridgehead atoms. The van der Waals surface area contributed by atoms with Crippen LogP contribution >= 0.6 is 12.2 Å². The first-order chi connectivity index (χ1) is 13.1. The highest BCUT2D eigenvalue weighted by Crippen LogP contribution is 2.29. The molecule has 136 valence electrons. The number of nitrogens with zero attached hydrogens (tertiary/aromatic N) is 3. The Morgan fingerprint density at radius 2 is 1.70 bits per heavy atom. The van der Waals surface area contributed by atoms with Crippen LogP contribution in [0.5, 0.6) is 0 Å². The summed E-state index contributed by atoms with van der Waals surface area (Å²) < 4.78 is 2.35. The topological polar surface area (TPSA) is 38.1 Å². The normalized spacial score (nSPS) is 13.3. The lowest BCUT2D eigenvalue weighted by molar-refractivity contribution is 0.101. The van der Waals surface area contributed by atoms with E-state index in [1.54, 1.807) is 6.92 Å². The summed E-state index contributed by atoms with van der Waals surface area (Å²) >= 11 is 5.62. The van der Waals surface area contributed by atoms with Crippen molar-refractivity contribution >= 4 is 23.8 Å². The molecule has 0 atom stereocenters. The van der Waals surface area contributed by atoms with Gasteiger partial charge in [-0.15, -0.1) is 0 Å². The number of rotatable bonds is 3. The third-order valence-electron chi connectivity index (χ3n) is 5.11. The molecule has 0 unspecified atom stereocenters. The number of ketones is 1. The first-order valence-electron chi connectivity index (χ1n) is 9.08. The minimum Gasteiger partial charge on any atom is -0.351 e. The Bertz CT molecular complexity index is 1070. The number of fused-ring (bicyclic) bond motifs is 1. The van der Waals surface area contributed by atoms with Crippen molar-refractivity contribution < 1.29 is 4.79 Å². The fourth-order valence-electron chi connectivity index (χ4n) is 3.81. The number of benzene rings is 2. The van der Waals surface area contributed by atoms with Crippen LogP contribution in [0.25, 0.3) is 5.69 Å². The number of hydrogen-bond acceptors (Lipinski definition) is 4. The smallest absolute Gasteiger partial charge is 0.206 e. The van der Waals surface area contributed by atoms with Gasteiger partial charge in [0.15, 0.2) is 5.78 Å². The maximum Gasteiger partial charge on any atom is 0.206 e.